The minimum atomic E-state index is 0.585. The van der Waals surface area contributed by atoms with Gasteiger partial charge in [0.1, 0.15) is 0 Å². The lowest BCUT2D eigenvalue weighted by Crippen LogP contribution is -2.47. The summed E-state index contributed by atoms with van der Waals surface area (Å²) in [6.07, 6.45) is 0. The van der Waals surface area contributed by atoms with Crippen LogP contribution in [0.25, 0.3) is 0 Å². The first kappa shape index (κ1) is 12.6. The molecule has 2 nitrogen and oxygen atoms in total. The molecule has 0 amide bonds. The van der Waals surface area contributed by atoms with Crippen molar-refractivity contribution >= 4 is 0 Å². The predicted octanol–water partition coefficient (Wildman–Crippen LogP) is 2.43. The minimum Gasteiger partial charge on any atom is -0.373 e. The largest absolute Gasteiger partial charge is 0.373 e. The van der Waals surface area contributed by atoms with Crippen LogP contribution in [0.1, 0.15) is 27.7 Å². The van der Waals surface area contributed by atoms with Crippen LogP contribution in [0.2, 0.25) is 0 Å². The Kier molecular flexibility index (Phi) is 4.65. The van der Waals surface area contributed by atoms with E-state index in [1.54, 1.807) is 0 Å². The third-order valence-corrected chi connectivity index (χ3v) is 3.07. The lowest BCUT2D eigenvalue weighted by atomic mass is 10.1. The number of piperazine rings is 1. The maximum absolute atomic E-state index is 4.17. The van der Waals surface area contributed by atoms with Gasteiger partial charge in [0.05, 0.1) is 0 Å². The SMILES string of the molecule is C=C(C(C)C)N1CCN(CC(C)C)CC1. The zero-order valence-electron chi connectivity index (χ0n) is 10.8. The van der Waals surface area contributed by atoms with E-state index in [2.05, 4.69) is 44.1 Å². The van der Waals surface area contributed by atoms with Crippen LogP contribution in [0.3, 0.4) is 0 Å². The Morgan fingerprint density at radius 2 is 1.60 bits per heavy atom. The maximum Gasteiger partial charge on any atom is 0.0303 e. The van der Waals surface area contributed by atoms with Gasteiger partial charge >= 0.3 is 0 Å². The van der Waals surface area contributed by atoms with Crippen LogP contribution in [0, 0.1) is 11.8 Å². The summed E-state index contributed by atoms with van der Waals surface area (Å²) in [5, 5.41) is 0. The summed E-state index contributed by atoms with van der Waals surface area (Å²) in [6.45, 7) is 19.2. The number of allylic oxidation sites excluding steroid dienone is 1. The van der Waals surface area contributed by atoms with Gasteiger partial charge in [-0.1, -0.05) is 34.3 Å². The quantitative estimate of drug-likeness (QED) is 0.703. The molecule has 0 aromatic carbocycles. The van der Waals surface area contributed by atoms with E-state index in [0.717, 1.165) is 19.0 Å². The topological polar surface area (TPSA) is 6.48 Å². The molecule has 0 unspecified atom stereocenters. The first-order valence-electron chi connectivity index (χ1n) is 6.16. The van der Waals surface area contributed by atoms with Crippen molar-refractivity contribution in [1.82, 2.24) is 9.80 Å². The van der Waals surface area contributed by atoms with E-state index in [1.165, 1.54) is 25.3 Å². The molecule has 15 heavy (non-hydrogen) atoms. The van der Waals surface area contributed by atoms with Gasteiger partial charge in [0.15, 0.2) is 0 Å². The van der Waals surface area contributed by atoms with E-state index < -0.39 is 0 Å². The average molecular weight is 210 g/mol. The molecule has 1 rings (SSSR count). The van der Waals surface area contributed by atoms with E-state index >= 15 is 0 Å². The highest BCUT2D eigenvalue weighted by Gasteiger charge is 2.19. The highest BCUT2D eigenvalue weighted by Crippen LogP contribution is 2.15. The van der Waals surface area contributed by atoms with Crippen LogP contribution in [-0.4, -0.2) is 42.5 Å². The molecule has 0 atom stereocenters. The van der Waals surface area contributed by atoms with Gasteiger partial charge in [0.2, 0.25) is 0 Å². The zero-order chi connectivity index (χ0) is 11.4. The average Bonchev–Trinajstić information content (AvgIpc) is 2.17. The van der Waals surface area contributed by atoms with E-state index in [-0.39, 0.29) is 0 Å². The number of hydrogen-bond donors (Lipinski definition) is 0. The number of hydrogen-bond acceptors (Lipinski definition) is 2. The second-order valence-electron chi connectivity index (χ2n) is 5.33. The molecule has 88 valence electrons. The molecular weight excluding hydrogens is 184 g/mol. The smallest absolute Gasteiger partial charge is 0.0303 e. The summed E-state index contributed by atoms with van der Waals surface area (Å²) >= 11 is 0. The second-order valence-corrected chi connectivity index (χ2v) is 5.33. The molecular formula is C13H26N2. The summed E-state index contributed by atoms with van der Waals surface area (Å²) in [5.41, 5.74) is 1.30. The normalized spacial score (nSPS) is 18.9. The standard InChI is InChI=1S/C13H26N2/c1-11(2)10-14-6-8-15(9-7-14)13(5)12(3)4/h11-12H,5-10H2,1-4H3. The van der Waals surface area contributed by atoms with Gasteiger partial charge in [-0.05, 0) is 11.8 Å². The molecule has 0 aliphatic carbocycles. The van der Waals surface area contributed by atoms with E-state index in [4.69, 9.17) is 0 Å². The van der Waals surface area contributed by atoms with Crippen molar-refractivity contribution in [3.63, 3.8) is 0 Å². The van der Waals surface area contributed by atoms with Gasteiger partial charge < -0.3 is 4.90 Å². The van der Waals surface area contributed by atoms with Crippen molar-refractivity contribution in [3.8, 4) is 0 Å². The van der Waals surface area contributed by atoms with Crippen molar-refractivity contribution < 1.29 is 0 Å². The Hall–Kier alpha value is -0.500. The van der Waals surface area contributed by atoms with Crippen molar-refractivity contribution in [2.75, 3.05) is 32.7 Å². The molecule has 1 heterocycles. The van der Waals surface area contributed by atoms with Crippen molar-refractivity contribution in [2.24, 2.45) is 11.8 Å². The zero-order valence-corrected chi connectivity index (χ0v) is 10.8. The molecule has 2 heteroatoms. The highest BCUT2D eigenvalue weighted by molar-refractivity contribution is 4.98. The number of nitrogens with zero attached hydrogens (tertiary/aromatic N) is 2. The molecule has 1 aliphatic heterocycles. The van der Waals surface area contributed by atoms with Crippen LogP contribution in [0.5, 0.6) is 0 Å². The first-order valence-corrected chi connectivity index (χ1v) is 6.16. The lowest BCUT2D eigenvalue weighted by Gasteiger charge is -2.38. The summed E-state index contributed by atoms with van der Waals surface area (Å²) in [7, 11) is 0. The van der Waals surface area contributed by atoms with Gasteiger partial charge in [-0.25, -0.2) is 0 Å². The lowest BCUT2D eigenvalue weighted by molar-refractivity contribution is 0.139. The molecule has 1 saturated heterocycles. The monoisotopic (exact) mass is 210 g/mol. The molecule has 0 aromatic rings. The van der Waals surface area contributed by atoms with Gasteiger partial charge in [-0.2, -0.15) is 0 Å². The van der Waals surface area contributed by atoms with Crippen molar-refractivity contribution in [2.45, 2.75) is 27.7 Å². The van der Waals surface area contributed by atoms with Gasteiger partial charge in [-0.15, -0.1) is 0 Å². The molecule has 0 spiro atoms. The third-order valence-electron chi connectivity index (χ3n) is 3.07. The Bertz CT molecular complexity index is 201. The Balaban J connectivity index is 2.32. The Morgan fingerprint density at radius 1 is 1.07 bits per heavy atom. The second kappa shape index (κ2) is 5.55. The molecule has 0 bridgehead atoms. The Labute approximate surface area is 94.9 Å². The fourth-order valence-electron chi connectivity index (χ4n) is 2.10. The van der Waals surface area contributed by atoms with Gasteiger partial charge in [-0.3, -0.25) is 4.90 Å². The van der Waals surface area contributed by atoms with Crippen LogP contribution in [0.4, 0.5) is 0 Å². The van der Waals surface area contributed by atoms with Crippen LogP contribution in [-0.2, 0) is 0 Å². The van der Waals surface area contributed by atoms with Crippen molar-refractivity contribution in [1.29, 1.82) is 0 Å². The molecule has 0 aromatic heterocycles. The third kappa shape index (κ3) is 3.86. The van der Waals surface area contributed by atoms with E-state index in [9.17, 15) is 0 Å². The summed E-state index contributed by atoms with van der Waals surface area (Å²) < 4.78 is 0. The molecule has 0 radical (unpaired) electrons. The van der Waals surface area contributed by atoms with Crippen LogP contribution < -0.4 is 0 Å². The van der Waals surface area contributed by atoms with Gasteiger partial charge in [0, 0.05) is 38.4 Å². The Morgan fingerprint density at radius 3 is 2.00 bits per heavy atom. The van der Waals surface area contributed by atoms with Crippen LogP contribution >= 0.6 is 0 Å². The van der Waals surface area contributed by atoms with Crippen LogP contribution in [0.15, 0.2) is 12.3 Å². The molecule has 1 aliphatic rings. The number of rotatable bonds is 4. The van der Waals surface area contributed by atoms with E-state index in [1.807, 2.05) is 0 Å². The summed E-state index contributed by atoms with van der Waals surface area (Å²) in [4.78, 5) is 5.01. The predicted molar refractivity (Wildman–Crippen MR) is 66.8 cm³/mol. The highest BCUT2D eigenvalue weighted by atomic mass is 15.3. The molecule has 1 fully saturated rings. The first-order chi connectivity index (χ1) is 7.00. The summed E-state index contributed by atoms with van der Waals surface area (Å²) in [6, 6.07) is 0. The van der Waals surface area contributed by atoms with E-state index in [0.29, 0.717) is 5.92 Å². The minimum absolute atomic E-state index is 0.585. The molecule has 0 saturated carbocycles. The molecule has 0 N–H and O–H groups in total. The van der Waals surface area contributed by atoms with Crippen molar-refractivity contribution in [3.05, 3.63) is 12.3 Å². The fourth-order valence-corrected chi connectivity index (χ4v) is 2.10. The maximum atomic E-state index is 4.17. The summed E-state index contributed by atoms with van der Waals surface area (Å²) in [5.74, 6) is 1.37. The van der Waals surface area contributed by atoms with Gasteiger partial charge in [0.25, 0.3) is 0 Å². The fraction of sp³-hybridized carbons (Fsp3) is 0.846.